The summed E-state index contributed by atoms with van der Waals surface area (Å²) in [5, 5.41) is 12.3. The lowest BCUT2D eigenvalue weighted by atomic mass is 9.84. The van der Waals surface area contributed by atoms with E-state index in [9.17, 15) is 4.79 Å². The van der Waals surface area contributed by atoms with Gasteiger partial charge in [0.15, 0.2) is 0 Å². The van der Waals surface area contributed by atoms with Crippen molar-refractivity contribution >= 4 is 5.91 Å². The summed E-state index contributed by atoms with van der Waals surface area (Å²) in [5.74, 6) is 1.30. The molecule has 1 N–H and O–H groups in total. The van der Waals surface area contributed by atoms with Gasteiger partial charge in [-0.2, -0.15) is 5.26 Å². The Balaban J connectivity index is 1.92. The molecular weight excluding hydrogens is 226 g/mol. The zero-order chi connectivity index (χ0) is 13.0. The van der Waals surface area contributed by atoms with Gasteiger partial charge in [0.05, 0.1) is 0 Å². The summed E-state index contributed by atoms with van der Waals surface area (Å²) in [6.07, 6.45) is 5.15. The smallest absolute Gasteiger partial charge is 0.264 e. The first kappa shape index (κ1) is 13.1. The molecule has 4 nitrogen and oxygen atoms in total. The molecule has 2 rings (SSSR count). The van der Waals surface area contributed by atoms with E-state index in [0.29, 0.717) is 5.92 Å². The number of carbonyl (C=O) groups is 1. The highest BCUT2D eigenvalue weighted by molar-refractivity contribution is 5.97. The van der Waals surface area contributed by atoms with E-state index in [0.717, 1.165) is 38.5 Å². The van der Waals surface area contributed by atoms with Gasteiger partial charge in [0, 0.05) is 13.1 Å². The number of hydrogen-bond acceptors (Lipinski definition) is 3. The first-order valence-electron chi connectivity index (χ1n) is 6.82. The number of hydrogen-bond donors (Lipinski definition) is 1. The molecule has 18 heavy (non-hydrogen) atoms. The second-order valence-corrected chi connectivity index (χ2v) is 5.20. The molecule has 2 fully saturated rings. The average Bonchev–Trinajstić information content (AvgIpc) is 2.90. The topological polar surface area (TPSA) is 56.1 Å². The first-order valence-corrected chi connectivity index (χ1v) is 6.82. The fourth-order valence-corrected chi connectivity index (χ4v) is 3.08. The van der Waals surface area contributed by atoms with Gasteiger partial charge < -0.3 is 10.2 Å². The van der Waals surface area contributed by atoms with Crippen LogP contribution >= 0.6 is 0 Å². The Morgan fingerprint density at radius 2 is 2.06 bits per heavy atom. The lowest BCUT2D eigenvalue weighted by molar-refractivity contribution is -0.125. The Bertz CT molecular complexity index is 377. The van der Waals surface area contributed by atoms with E-state index >= 15 is 0 Å². The molecule has 2 aliphatic rings. The molecule has 1 atom stereocenters. The second kappa shape index (κ2) is 6.01. The number of nitriles is 1. The lowest BCUT2D eigenvalue weighted by Gasteiger charge is -2.28. The Kier molecular flexibility index (Phi) is 4.38. The molecule has 0 aromatic heterocycles. The maximum absolute atomic E-state index is 12.1. The predicted molar refractivity (Wildman–Crippen MR) is 69.7 cm³/mol. The zero-order valence-corrected chi connectivity index (χ0v) is 11.0. The minimum absolute atomic E-state index is 0.0866. The number of nitrogens with one attached hydrogen (secondary N) is 1. The SMILES string of the molecule is C/C=C(\C#N)C(=O)N1CCC(C2CCNCC2)C1. The summed E-state index contributed by atoms with van der Waals surface area (Å²) in [5.41, 5.74) is 0.279. The van der Waals surface area contributed by atoms with Crippen molar-refractivity contribution in [2.75, 3.05) is 26.2 Å². The molecule has 4 heteroatoms. The van der Waals surface area contributed by atoms with Gasteiger partial charge in [0.25, 0.3) is 5.91 Å². The molecule has 0 bridgehead atoms. The van der Waals surface area contributed by atoms with Crippen molar-refractivity contribution in [2.45, 2.75) is 26.2 Å². The molecule has 0 aliphatic carbocycles. The van der Waals surface area contributed by atoms with Crippen molar-refractivity contribution in [1.82, 2.24) is 10.2 Å². The van der Waals surface area contributed by atoms with Crippen LogP contribution in [0.1, 0.15) is 26.2 Å². The standard InChI is InChI=1S/C14H21N3O/c1-2-11(9-15)14(18)17-8-5-13(10-17)12-3-6-16-7-4-12/h2,12-13,16H,3-8,10H2,1H3/b11-2+. The van der Waals surface area contributed by atoms with Crippen molar-refractivity contribution in [3.8, 4) is 6.07 Å². The van der Waals surface area contributed by atoms with Gasteiger partial charge in [-0.1, -0.05) is 6.08 Å². The molecule has 2 heterocycles. The molecule has 0 aromatic rings. The Morgan fingerprint density at radius 1 is 1.33 bits per heavy atom. The van der Waals surface area contributed by atoms with Crippen LogP contribution in [-0.4, -0.2) is 37.0 Å². The van der Waals surface area contributed by atoms with E-state index < -0.39 is 0 Å². The fourth-order valence-electron chi connectivity index (χ4n) is 3.08. The van der Waals surface area contributed by atoms with Crippen molar-refractivity contribution in [1.29, 1.82) is 5.26 Å². The van der Waals surface area contributed by atoms with Crippen LogP contribution in [0.3, 0.4) is 0 Å². The molecule has 0 saturated carbocycles. The van der Waals surface area contributed by atoms with Crippen molar-refractivity contribution in [3.05, 3.63) is 11.6 Å². The molecule has 2 saturated heterocycles. The van der Waals surface area contributed by atoms with Crippen LogP contribution < -0.4 is 5.32 Å². The normalized spacial score (nSPS) is 26.1. The Labute approximate surface area is 109 Å². The van der Waals surface area contributed by atoms with E-state index in [4.69, 9.17) is 5.26 Å². The molecule has 1 unspecified atom stereocenters. The van der Waals surface area contributed by atoms with Crippen LogP contribution in [0, 0.1) is 23.2 Å². The van der Waals surface area contributed by atoms with Gasteiger partial charge in [0.1, 0.15) is 11.6 Å². The third-order valence-electron chi connectivity index (χ3n) is 4.20. The largest absolute Gasteiger partial charge is 0.338 e. The summed E-state index contributed by atoms with van der Waals surface area (Å²) < 4.78 is 0. The maximum Gasteiger partial charge on any atom is 0.264 e. The predicted octanol–water partition coefficient (Wildman–Crippen LogP) is 1.30. The zero-order valence-electron chi connectivity index (χ0n) is 11.0. The number of allylic oxidation sites excluding steroid dienone is 1. The van der Waals surface area contributed by atoms with Gasteiger partial charge >= 0.3 is 0 Å². The van der Waals surface area contributed by atoms with Crippen LogP contribution in [0.4, 0.5) is 0 Å². The summed E-state index contributed by atoms with van der Waals surface area (Å²) in [6, 6.07) is 1.98. The number of rotatable bonds is 2. The lowest BCUT2D eigenvalue weighted by Crippen LogP contribution is -2.34. The monoisotopic (exact) mass is 247 g/mol. The number of amides is 1. The van der Waals surface area contributed by atoms with E-state index in [2.05, 4.69) is 5.32 Å². The number of carbonyl (C=O) groups excluding carboxylic acids is 1. The maximum atomic E-state index is 12.1. The van der Waals surface area contributed by atoms with Gasteiger partial charge in [0.2, 0.25) is 0 Å². The molecular formula is C14H21N3O. The highest BCUT2D eigenvalue weighted by Gasteiger charge is 2.33. The van der Waals surface area contributed by atoms with Gasteiger partial charge in [-0.05, 0) is 51.1 Å². The third-order valence-corrected chi connectivity index (χ3v) is 4.20. The molecule has 98 valence electrons. The molecule has 0 spiro atoms. The first-order chi connectivity index (χ1) is 8.76. The highest BCUT2D eigenvalue weighted by Crippen LogP contribution is 2.30. The van der Waals surface area contributed by atoms with Crippen LogP contribution in [0.25, 0.3) is 0 Å². The number of likely N-dealkylation sites (tertiary alicyclic amines) is 1. The van der Waals surface area contributed by atoms with Crippen molar-refractivity contribution in [3.63, 3.8) is 0 Å². The summed E-state index contributed by atoms with van der Waals surface area (Å²) in [7, 11) is 0. The fraction of sp³-hybridized carbons (Fsp3) is 0.714. The van der Waals surface area contributed by atoms with E-state index in [1.54, 1.807) is 13.0 Å². The number of nitrogens with zero attached hydrogens (tertiary/aromatic N) is 2. The van der Waals surface area contributed by atoms with Crippen molar-refractivity contribution in [2.24, 2.45) is 11.8 Å². The molecule has 2 aliphatic heterocycles. The van der Waals surface area contributed by atoms with Crippen molar-refractivity contribution < 1.29 is 4.79 Å². The summed E-state index contributed by atoms with van der Waals surface area (Å²) in [4.78, 5) is 13.9. The summed E-state index contributed by atoms with van der Waals surface area (Å²) >= 11 is 0. The van der Waals surface area contributed by atoms with Gasteiger partial charge in [-0.3, -0.25) is 4.79 Å². The molecule has 0 radical (unpaired) electrons. The van der Waals surface area contributed by atoms with E-state index in [-0.39, 0.29) is 11.5 Å². The van der Waals surface area contributed by atoms with Crippen LogP contribution in [-0.2, 0) is 4.79 Å². The quantitative estimate of drug-likeness (QED) is 0.591. The average molecular weight is 247 g/mol. The minimum Gasteiger partial charge on any atom is -0.338 e. The van der Waals surface area contributed by atoms with Crippen LogP contribution in [0.5, 0.6) is 0 Å². The molecule has 0 aromatic carbocycles. The second-order valence-electron chi connectivity index (χ2n) is 5.20. The van der Waals surface area contributed by atoms with Gasteiger partial charge in [-0.15, -0.1) is 0 Å². The summed E-state index contributed by atoms with van der Waals surface area (Å²) in [6.45, 7) is 5.60. The minimum atomic E-state index is -0.0866. The highest BCUT2D eigenvalue weighted by atomic mass is 16.2. The molecule has 1 amide bonds. The third kappa shape index (κ3) is 2.73. The van der Waals surface area contributed by atoms with Crippen LogP contribution in [0.2, 0.25) is 0 Å². The number of piperidine rings is 1. The van der Waals surface area contributed by atoms with Gasteiger partial charge in [-0.25, -0.2) is 0 Å². The van der Waals surface area contributed by atoms with Crippen LogP contribution in [0.15, 0.2) is 11.6 Å². The van der Waals surface area contributed by atoms with E-state index in [1.807, 2.05) is 11.0 Å². The Hall–Kier alpha value is -1.34. The van der Waals surface area contributed by atoms with E-state index in [1.165, 1.54) is 12.8 Å². The Morgan fingerprint density at radius 3 is 2.67 bits per heavy atom.